The van der Waals surface area contributed by atoms with Gasteiger partial charge in [-0.1, -0.05) is 0 Å². The van der Waals surface area contributed by atoms with Crippen LogP contribution in [0.2, 0.25) is 0 Å². The number of hydrogen-bond acceptors (Lipinski definition) is 5. The molecule has 3 heterocycles. The summed E-state index contributed by atoms with van der Waals surface area (Å²) >= 11 is 0. The zero-order valence-electron chi connectivity index (χ0n) is 12.7. The summed E-state index contributed by atoms with van der Waals surface area (Å²) in [6.07, 6.45) is 3.80. The molecule has 0 bridgehead atoms. The Morgan fingerprint density at radius 1 is 1.55 bits per heavy atom. The van der Waals surface area contributed by atoms with Gasteiger partial charge in [0, 0.05) is 12.8 Å². The maximum atomic E-state index is 12.6. The summed E-state index contributed by atoms with van der Waals surface area (Å²) in [7, 11) is 1.31. The van der Waals surface area contributed by atoms with Crippen molar-refractivity contribution in [1.29, 1.82) is 0 Å². The van der Waals surface area contributed by atoms with Crippen molar-refractivity contribution in [3.05, 3.63) is 39.9 Å². The summed E-state index contributed by atoms with van der Waals surface area (Å²) in [5.41, 5.74) is 1.29. The maximum Gasteiger partial charge on any atom is 0.339 e. The van der Waals surface area contributed by atoms with Crippen LogP contribution < -0.4 is 5.56 Å². The lowest BCUT2D eigenvalue weighted by atomic mass is 10.1. The second-order valence-corrected chi connectivity index (χ2v) is 5.45. The molecule has 0 spiro atoms. The number of fused-ring (bicyclic) bond motifs is 1. The Labute approximate surface area is 127 Å². The van der Waals surface area contributed by atoms with Crippen molar-refractivity contribution < 1.29 is 14.3 Å². The van der Waals surface area contributed by atoms with Crippen LogP contribution in [0.3, 0.4) is 0 Å². The third-order valence-electron chi connectivity index (χ3n) is 3.98. The Morgan fingerprint density at radius 2 is 2.36 bits per heavy atom. The number of esters is 1. The lowest BCUT2D eigenvalue weighted by Crippen LogP contribution is -2.26. The number of rotatable bonds is 3. The zero-order valence-corrected chi connectivity index (χ0v) is 12.7. The molecule has 0 aromatic carbocycles. The molecule has 2 aromatic heterocycles. The second kappa shape index (κ2) is 5.88. The number of methoxy groups -OCH3 is 1. The van der Waals surface area contributed by atoms with E-state index in [0.29, 0.717) is 28.7 Å². The van der Waals surface area contributed by atoms with Gasteiger partial charge in [0.15, 0.2) is 0 Å². The second-order valence-electron chi connectivity index (χ2n) is 5.45. The van der Waals surface area contributed by atoms with Gasteiger partial charge >= 0.3 is 5.97 Å². The lowest BCUT2D eigenvalue weighted by Gasteiger charge is -2.13. The Morgan fingerprint density at radius 3 is 3.05 bits per heavy atom. The van der Waals surface area contributed by atoms with Crippen molar-refractivity contribution in [2.75, 3.05) is 13.7 Å². The van der Waals surface area contributed by atoms with E-state index >= 15 is 0 Å². The molecule has 1 aliphatic rings. The molecule has 0 saturated carbocycles. The molecule has 116 valence electrons. The minimum absolute atomic E-state index is 0.0774. The van der Waals surface area contributed by atoms with E-state index in [-0.39, 0.29) is 11.7 Å². The predicted octanol–water partition coefficient (Wildman–Crippen LogP) is 1.67. The van der Waals surface area contributed by atoms with Gasteiger partial charge in [-0.3, -0.25) is 9.78 Å². The van der Waals surface area contributed by atoms with E-state index in [1.165, 1.54) is 7.11 Å². The first-order valence-corrected chi connectivity index (χ1v) is 7.31. The third-order valence-corrected chi connectivity index (χ3v) is 3.98. The Kier molecular flexibility index (Phi) is 3.94. The molecular formula is C16H18N2O4. The van der Waals surface area contributed by atoms with Crippen molar-refractivity contribution >= 4 is 16.9 Å². The first-order chi connectivity index (χ1) is 10.6. The summed E-state index contributed by atoms with van der Waals surface area (Å²) in [6.45, 7) is 3.00. The summed E-state index contributed by atoms with van der Waals surface area (Å²) in [6, 6.07) is 3.36. The normalized spacial score (nSPS) is 17.8. The van der Waals surface area contributed by atoms with Crippen LogP contribution >= 0.6 is 0 Å². The van der Waals surface area contributed by atoms with Crippen molar-refractivity contribution in [2.24, 2.45) is 0 Å². The van der Waals surface area contributed by atoms with Crippen LogP contribution in [0.25, 0.3) is 10.9 Å². The van der Waals surface area contributed by atoms with E-state index in [1.54, 1.807) is 29.8 Å². The molecule has 0 N–H and O–H groups in total. The summed E-state index contributed by atoms with van der Waals surface area (Å²) in [5, 5.41) is 0.423. The number of aromatic nitrogens is 2. The van der Waals surface area contributed by atoms with E-state index in [4.69, 9.17) is 9.47 Å². The molecule has 6 nitrogen and oxygen atoms in total. The van der Waals surface area contributed by atoms with Gasteiger partial charge in [0.25, 0.3) is 5.56 Å². The first kappa shape index (κ1) is 14.7. The molecule has 1 fully saturated rings. The van der Waals surface area contributed by atoms with E-state index in [2.05, 4.69) is 4.98 Å². The predicted molar refractivity (Wildman–Crippen MR) is 81.1 cm³/mol. The van der Waals surface area contributed by atoms with Crippen LogP contribution in [0.1, 0.15) is 28.9 Å². The highest BCUT2D eigenvalue weighted by atomic mass is 16.5. The minimum atomic E-state index is -0.485. The Hall–Kier alpha value is -2.21. The van der Waals surface area contributed by atoms with Gasteiger partial charge in [0.1, 0.15) is 0 Å². The standard InChI is InChI=1S/C16H18N2O4/c1-10-12(16(20)21-2)8-13-14(17-10)5-6-18(15(13)19)9-11-4-3-7-22-11/h5-6,8,11H,3-4,7,9H2,1-2H3. The smallest absolute Gasteiger partial charge is 0.339 e. The van der Waals surface area contributed by atoms with E-state index in [0.717, 1.165) is 19.4 Å². The zero-order chi connectivity index (χ0) is 15.7. The highest BCUT2D eigenvalue weighted by Crippen LogP contribution is 2.16. The van der Waals surface area contributed by atoms with Gasteiger partial charge < -0.3 is 14.0 Å². The van der Waals surface area contributed by atoms with E-state index in [1.807, 2.05) is 0 Å². The van der Waals surface area contributed by atoms with Crippen LogP contribution in [-0.2, 0) is 16.0 Å². The van der Waals surface area contributed by atoms with Gasteiger partial charge in [-0.15, -0.1) is 0 Å². The number of carbonyl (C=O) groups excluding carboxylic acids is 1. The Bertz CT molecular complexity index is 776. The molecule has 3 rings (SSSR count). The number of carbonyl (C=O) groups is 1. The van der Waals surface area contributed by atoms with Gasteiger partial charge in [0.05, 0.1) is 41.9 Å². The fourth-order valence-electron chi connectivity index (χ4n) is 2.77. The van der Waals surface area contributed by atoms with Crippen LogP contribution in [-0.4, -0.2) is 35.3 Å². The summed E-state index contributed by atoms with van der Waals surface area (Å²) in [5.74, 6) is -0.485. The van der Waals surface area contributed by atoms with Gasteiger partial charge in [-0.2, -0.15) is 0 Å². The lowest BCUT2D eigenvalue weighted by molar-refractivity contribution is 0.0599. The van der Waals surface area contributed by atoms with Crippen molar-refractivity contribution in [3.63, 3.8) is 0 Å². The van der Waals surface area contributed by atoms with Crippen molar-refractivity contribution in [2.45, 2.75) is 32.4 Å². The quantitative estimate of drug-likeness (QED) is 0.807. The molecule has 6 heteroatoms. The fourth-order valence-corrected chi connectivity index (χ4v) is 2.77. The molecule has 1 aliphatic heterocycles. The molecule has 1 unspecified atom stereocenters. The van der Waals surface area contributed by atoms with Crippen LogP contribution in [0.4, 0.5) is 0 Å². The molecule has 0 aliphatic carbocycles. The molecule has 1 atom stereocenters. The highest BCUT2D eigenvalue weighted by Gasteiger charge is 2.18. The number of ether oxygens (including phenoxy) is 2. The topological polar surface area (TPSA) is 70.4 Å². The van der Waals surface area contributed by atoms with Crippen molar-refractivity contribution in [3.8, 4) is 0 Å². The van der Waals surface area contributed by atoms with E-state index < -0.39 is 5.97 Å². The monoisotopic (exact) mass is 302 g/mol. The maximum absolute atomic E-state index is 12.6. The SMILES string of the molecule is COC(=O)c1cc2c(=O)n(CC3CCCO3)ccc2nc1C. The number of pyridine rings is 2. The largest absolute Gasteiger partial charge is 0.465 e. The molecule has 22 heavy (non-hydrogen) atoms. The summed E-state index contributed by atoms with van der Waals surface area (Å²) in [4.78, 5) is 28.7. The summed E-state index contributed by atoms with van der Waals surface area (Å²) < 4.78 is 11.9. The van der Waals surface area contributed by atoms with Crippen LogP contribution in [0, 0.1) is 6.92 Å². The average molecular weight is 302 g/mol. The fraction of sp³-hybridized carbons (Fsp3) is 0.438. The third kappa shape index (κ3) is 2.62. The van der Waals surface area contributed by atoms with Gasteiger partial charge in [-0.25, -0.2) is 4.79 Å². The molecular weight excluding hydrogens is 284 g/mol. The molecule has 0 amide bonds. The molecule has 1 saturated heterocycles. The van der Waals surface area contributed by atoms with Crippen molar-refractivity contribution in [1.82, 2.24) is 9.55 Å². The highest BCUT2D eigenvalue weighted by molar-refractivity contribution is 5.94. The minimum Gasteiger partial charge on any atom is -0.465 e. The average Bonchev–Trinajstić information content (AvgIpc) is 3.02. The van der Waals surface area contributed by atoms with Gasteiger partial charge in [0.2, 0.25) is 0 Å². The first-order valence-electron chi connectivity index (χ1n) is 7.31. The van der Waals surface area contributed by atoms with Gasteiger partial charge in [-0.05, 0) is 31.9 Å². The Balaban J connectivity index is 2.06. The van der Waals surface area contributed by atoms with Crippen LogP contribution in [0.15, 0.2) is 23.1 Å². The number of nitrogens with zero attached hydrogens (tertiary/aromatic N) is 2. The molecule has 0 radical (unpaired) electrons. The number of hydrogen-bond donors (Lipinski definition) is 0. The van der Waals surface area contributed by atoms with Crippen LogP contribution in [0.5, 0.6) is 0 Å². The molecule has 2 aromatic rings. The number of aryl methyl sites for hydroxylation is 1. The van der Waals surface area contributed by atoms with E-state index in [9.17, 15) is 9.59 Å².